The number of carbonyl (C=O) groups is 2. The molecule has 4 atom stereocenters. The average Bonchev–Trinajstić information content (AvgIpc) is 2.31. The number of rotatable bonds is 1. The van der Waals surface area contributed by atoms with Crippen molar-refractivity contribution in [2.45, 2.75) is 78.9 Å². The fourth-order valence-corrected chi connectivity index (χ4v) is 4.01. The van der Waals surface area contributed by atoms with Crippen LogP contribution in [0.3, 0.4) is 0 Å². The monoisotopic (exact) mass is 294 g/mol. The molecule has 120 valence electrons. The first-order chi connectivity index (χ1) is 9.61. The van der Waals surface area contributed by atoms with Gasteiger partial charge in [-0.3, -0.25) is 9.59 Å². The molecule has 0 aromatic carbocycles. The third-order valence-corrected chi connectivity index (χ3v) is 5.00. The van der Waals surface area contributed by atoms with Gasteiger partial charge in [0.2, 0.25) is 11.8 Å². The molecular weight excluding hydrogens is 264 g/mol. The van der Waals surface area contributed by atoms with Gasteiger partial charge in [0, 0.05) is 6.04 Å². The first kappa shape index (κ1) is 16.3. The van der Waals surface area contributed by atoms with Crippen LogP contribution in [-0.4, -0.2) is 34.8 Å². The van der Waals surface area contributed by atoms with E-state index in [0.717, 1.165) is 12.8 Å². The van der Waals surface area contributed by atoms with Gasteiger partial charge < -0.3 is 10.2 Å². The van der Waals surface area contributed by atoms with Crippen molar-refractivity contribution in [3.05, 3.63) is 0 Å². The summed E-state index contributed by atoms with van der Waals surface area (Å²) < 4.78 is 0. The van der Waals surface area contributed by atoms with Crippen molar-refractivity contribution in [1.29, 1.82) is 0 Å². The molecule has 2 rings (SSSR count). The van der Waals surface area contributed by atoms with Crippen LogP contribution in [0.1, 0.15) is 60.8 Å². The van der Waals surface area contributed by atoms with Gasteiger partial charge in [-0.2, -0.15) is 0 Å². The summed E-state index contributed by atoms with van der Waals surface area (Å²) in [4.78, 5) is 27.1. The first-order valence-electron chi connectivity index (χ1n) is 8.23. The van der Waals surface area contributed by atoms with Crippen molar-refractivity contribution in [2.75, 3.05) is 0 Å². The zero-order valence-electron chi connectivity index (χ0n) is 14.3. The van der Waals surface area contributed by atoms with Crippen LogP contribution in [0, 0.1) is 17.3 Å². The summed E-state index contributed by atoms with van der Waals surface area (Å²) in [7, 11) is 0. The maximum atomic E-state index is 13.0. The summed E-state index contributed by atoms with van der Waals surface area (Å²) in [6, 6.07) is -0.547. The predicted molar refractivity (Wildman–Crippen MR) is 83.7 cm³/mol. The molecule has 0 aromatic heterocycles. The minimum atomic E-state index is -0.409. The van der Waals surface area contributed by atoms with E-state index in [-0.39, 0.29) is 29.3 Å². The predicted octanol–water partition coefficient (Wildman–Crippen LogP) is 2.57. The van der Waals surface area contributed by atoms with E-state index >= 15 is 0 Å². The zero-order valence-corrected chi connectivity index (χ0v) is 14.3. The largest absolute Gasteiger partial charge is 0.342 e. The van der Waals surface area contributed by atoms with Gasteiger partial charge in [0.05, 0.1) is 0 Å². The highest BCUT2D eigenvalue weighted by atomic mass is 16.2. The van der Waals surface area contributed by atoms with Crippen LogP contribution in [0.4, 0.5) is 0 Å². The second-order valence-corrected chi connectivity index (χ2v) is 8.30. The van der Waals surface area contributed by atoms with E-state index in [1.807, 2.05) is 32.6 Å². The Morgan fingerprint density at radius 2 is 1.52 bits per heavy atom. The highest BCUT2D eigenvalue weighted by Gasteiger charge is 2.46. The van der Waals surface area contributed by atoms with Gasteiger partial charge in [0.25, 0.3) is 0 Å². The molecule has 1 aliphatic heterocycles. The Hall–Kier alpha value is -1.06. The van der Waals surface area contributed by atoms with Gasteiger partial charge in [-0.05, 0) is 43.4 Å². The van der Waals surface area contributed by atoms with Crippen molar-refractivity contribution < 1.29 is 9.59 Å². The Morgan fingerprint density at radius 3 is 2.00 bits per heavy atom. The summed E-state index contributed by atoms with van der Waals surface area (Å²) in [6.07, 6.45) is 3.26. The van der Waals surface area contributed by atoms with E-state index in [1.54, 1.807) is 0 Å². The zero-order chi connectivity index (χ0) is 15.9. The number of nitrogens with one attached hydrogen (secondary N) is 1. The number of nitrogens with zero attached hydrogens (tertiary/aromatic N) is 1. The Kier molecular flexibility index (Phi) is 4.36. The molecule has 1 N–H and O–H groups in total. The van der Waals surface area contributed by atoms with E-state index in [4.69, 9.17) is 0 Å². The van der Waals surface area contributed by atoms with E-state index in [9.17, 15) is 9.59 Å². The smallest absolute Gasteiger partial charge is 0.246 e. The van der Waals surface area contributed by atoms with E-state index in [2.05, 4.69) is 19.2 Å². The quantitative estimate of drug-likeness (QED) is 0.808. The molecule has 21 heavy (non-hydrogen) atoms. The van der Waals surface area contributed by atoms with Crippen molar-refractivity contribution in [1.82, 2.24) is 10.2 Å². The minimum absolute atomic E-state index is 0.0135. The molecule has 4 heteroatoms. The third-order valence-electron chi connectivity index (χ3n) is 5.00. The van der Waals surface area contributed by atoms with Gasteiger partial charge in [-0.25, -0.2) is 0 Å². The lowest BCUT2D eigenvalue weighted by atomic mass is 9.77. The summed E-state index contributed by atoms with van der Waals surface area (Å²) in [6.45, 7) is 12.4. The van der Waals surface area contributed by atoms with Crippen molar-refractivity contribution in [3.63, 3.8) is 0 Å². The lowest BCUT2D eigenvalue weighted by molar-refractivity contribution is -0.156. The average molecular weight is 294 g/mol. The molecule has 0 bridgehead atoms. The van der Waals surface area contributed by atoms with Crippen LogP contribution >= 0.6 is 0 Å². The molecule has 1 aliphatic carbocycles. The molecular formula is C17H30N2O2. The standard InChI is InChI=1S/C17H30N2O2/c1-10-7-11(2)9-13(8-10)19-12(3)15(20)18-14(16(19)21)17(4,5)6/h10-14H,7-9H2,1-6H3,(H,18,20). The lowest BCUT2D eigenvalue weighted by Crippen LogP contribution is -2.68. The van der Waals surface area contributed by atoms with Crippen LogP contribution < -0.4 is 5.32 Å². The fourth-order valence-electron chi connectivity index (χ4n) is 4.01. The van der Waals surface area contributed by atoms with Crippen LogP contribution in [-0.2, 0) is 9.59 Å². The summed E-state index contributed by atoms with van der Waals surface area (Å²) >= 11 is 0. The van der Waals surface area contributed by atoms with Crippen molar-refractivity contribution in [2.24, 2.45) is 17.3 Å². The Bertz CT molecular complexity index is 417. The van der Waals surface area contributed by atoms with Crippen LogP contribution in [0.25, 0.3) is 0 Å². The molecule has 4 nitrogen and oxygen atoms in total. The van der Waals surface area contributed by atoms with Gasteiger partial charge in [-0.15, -0.1) is 0 Å². The van der Waals surface area contributed by atoms with Crippen molar-refractivity contribution >= 4 is 11.8 Å². The number of hydrogen-bond acceptors (Lipinski definition) is 2. The lowest BCUT2D eigenvalue weighted by Gasteiger charge is -2.48. The van der Waals surface area contributed by atoms with Crippen LogP contribution in [0.5, 0.6) is 0 Å². The Morgan fingerprint density at radius 1 is 1.00 bits per heavy atom. The molecule has 1 heterocycles. The number of hydrogen-bond donors (Lipinski definition) is 1. The normalized spacial score (nSPS) is 38.4. The topological polar surface area (TPSA) is 49.4 Å². The molecule has 0 radical (unpaired) electrons. The number of amides is 2. The van der Waals surface area contributed by atoms with E-state index in [0.29, 0.717) is 11.8 Å². The molecule has 2 aliphatic rings. The van der Waals surface area contributed by atoms with Gasteiger partial charge in [-0.1, -0.05) is 34.6 Å². The van der Waals surface area contributed by atoms with E-state index in [1.165, 1.54) is 6.42 Å². The van der Waals surface area contributed by atoms with Gasteiger partial charge in [0.1, 0.15) is 12.1 Å². The summed E-state index contributed by atoms with van der Waals surface area (Å²) in [5.74, 6) is 1.33. The molecule has 2 fully saturated rings. The molecule has 1 saturated carbocycles. The molecule has 2 amide bonds. The number of carbonyl (C=O) groups excluding carboxylic acids is 2. The molecule has 0 spiro atoms. The second-order valence-electron chi connectivity index (χ2n) is 8.30. The van der Waals surface area contributed by atoms with Gasteiger partial charge >= 0.3 is 0 Å². The molecule has 1 saturated heterocycles. The summed E-state index contributed by atoms with van der Waals surface area (Å²) in [5.41, 5.74) is -0.253. The SMILES string of the molecule is CC1CC(C)CC(N2C(=O)C(C(C)(C)C)NC(=O)C2C)C1. The highest BCUT2D eigenvalue weighted by molar-refractivity contribution is 5.97. The minimum Gasteiger partial charge on any atom is -0.342 e. The fraction of sp³-hybridized carbons (Fsp3) is 0.882. The maximum absolute atomic E-state index is 13.0. The second kappa shape index (κ2) is 5.62. The third kappa shape index (κ3) is 3.24. The van der Waals surface area contributed by atoms with E-state index < -0.39 is 6.04 Å². The van der Waals surface area contributed by atoms with Gasteiger partial charge in [0.15, 0.2) is 0 Å². The maximum Gasteiger partial charge on any atom is 0.246 e. The van der Waals surface area contributed by atoms with Crippen LogP contribution in [0.15, 0.2) is 0 Å². The number of piperazine rings is 1. The Balaban J connectivity index is 2.26. The molecule has 0 aromatic rings. The van der Waals surface area contributed by atoms with Crippen LogP contribution in [0.2, 0.25) is 0 Å². The van der Waals surface area contributed by atoms with Crippen molar-refractivity contribution in [3.8, 4) is 0 Å². The highest BCUT2D eigenvalue weighted by Crippen LogP contribution is 2.35. The molecule has 4 unspecified atom stereocenters. The summed E-state index contributed by atoms with van der Waals surface area (Å²) in [5, 5.41) is 2.92. The first-order valence-corrected chi connectivity index (χ1v) is 8.23. The Labute approximate surface area is 128 Å².